The van der Waals surface area contributed by atoms with E-state index in [-0.39, 0.29) is 11.7 Å². The number of halogens is 1. The van der Waals surface area contributed by atoms with Crippen molar-refractivity contribution in [2.75, 3.05) is 39.3 Å². The summed E-state index contributed by atoms with van der Waals surface area (Å²) in [5.74, 6) is 0.376. The minimum absolute atomic E-state index is 0.185. The molecule has 0 spiro atoms. The third-order valence-electron chi connectivity index (χ3n) is 5.48. The Morgan fingerprint density at radius 3 is 2.35 bits per heavy atom. The molecule has 1 aromatic carbocycles. The van der Waals surface area contributed by atoms with Gasteiger partial charge in [0.15, 0.2) is 0 Å². The van der Waals surface area contributed by atoms with Crippen LogP contribution in [0.3, 0.4) is 0 Å². The van der Waals surface area contributed by atoms with Crippen molar-refractivity contribution in [2.45, 2.75) is 32.1 Å². The number of carbonyl (C=O) groups is 2. The first-order valence-corrected chi connectivity index (χ1v) is 9.66. The van der Waals surface area contributed by atoms with Gasteiger partial charge >= 0.3 is 0 Å². The maximum atomic E-state index is 12.9. The molecule has 3 rings (SSSR count). The number of amides is 2. The minimum atomic E-state index is -0.345. The summed E-state index contributed by atoms with van der Waals surface area (Å²) in [5.41, 5.74) is 0.466. The van der Waals surface area contributed by atoms with Crippen molar-refractivity contribution < 1.29 is 14.0 Å². The number of carbonyl (C=O) groups excluding carboxylic acids is 2. The highest BCUT2D eigenvalue weighted by Gasteiger charge is 2.24. The van der Waals surface area contributed by atoms with Gasteiger partial charge in [-0.05, 0) is 43.0 Å². The largest absolute Gasteiger partial charge is 0.351 e. The first-order valence-electron chi connectivity index (χ1n) is 9.66. The highest BCUT2D eigenvalue weighted by Crippen LogP contribution is 2.28. The third kappa shape index (κ3) is 5.27. The number of hydrogen-bond donors (Lipinski definition) is 1. The summed E-state index contributed by atoms with van der Waals surface area (Å²) in [6, 6.07) is 5.55. The van der Waals surface area contributed by atoms with Gasteiger partial charge in [-0.15, -0.1) is 0 Å². The predicted octanol–water partition coefficient (Wildman–Crippen LogP) is 2.28. The summed E-state index contributed by atoms with van der Waals surface area (Å²) in [4.78, 5) is 28.6. The smallest absolute Gasteiger partial charge is 0.251 e. The molecule has 1 N–H and O–H groups in total. The normalized spacial score (nSPS) is 18.9. The molecule has 0 unspecified atom stereocenters. The highest BCUT2D eigenvalue weighted by atomic mass is 19.1. The van der Waals surface area contributed by atoms with E-state index in [1.807, 2.05) is 4.90 Å². The van der Waals surface area contributed by atoms with Crippen LogP contribution in [0.5, 0.6) is 0 Å². The topological polar surface area (TPSA) is 52.7 Å². The van der Waals surface area contributed by atoms with Crippen LogP contribution in [-0.4, -0.2) is 60.9 Å². The van der Waals surface area contributed by atoms with Gasteiger partial charge in [-0.2, -0.15) is 0 Å². The Morgan fingerprint density at radius 1 is 1.04 bits per heavy atom. The van der Waals surface area contributed by atoms with Crippen LogP contribution in [0, 0.1) is 11.7 Å². The van der Waals surface area contributed by atoms with Crippen LogP contribution in [0.1, 0.15) is 42.5 Å². The van der Waals surface area contributed by atoms with Crippen LogP contribution in [-0.2, 0) is 4.79 Å². The standard InChI is InChI=1S/C20H28FN3O2/c21-18-7-5-17(6-8-18)20(26)22-9-10-23-11-13-24(14-12-23)19(25)15-16-3-1-2-4-16/h5-8,16H,1-4,9-15H2,(H,22,26). The summed E-state index contributed by atoms with van der Waals surface area (Å²) in [5, 5.41) is 2.86. The SMILES string of the molecule is O=C(NCCN1CCN(C(=O)CC2CCCC2)CC1)c1ccc(F)cc1. The second-order valence-corrected chi connectivity index (χ2v) is 7.34. The molecule has 1 heterocycles. The van der Waals surface area contributed by atoms with Crippen molar-refractivity contribution in [1.29, 1.82) is 0 Å². The first kappa shape index (κ1) is 18.8. The fraction of sp³-hybridized carbons (Fsp3) is 0.600. The van der Waals surface area contributed by atoms with E-state index in [1.54, 1.807) is 0 Å². The van der Waals surface area contributed by atoms with Crippen molar-refractivity contribution >= 4 is 11.8 Å². The molecule has 0 atom stereocenters. The fourth-order valence-corrected chi connectivity index (χ4v) is 3.84. The monoisotopic (exact) mass is 361 g/mol. The average Bonchev–Trinajstić information content (AvgIpc) is 3.15. The number of benzene rings is 1. The van der Waals surface area contributed by atoms with Gasteiger partial charge in [0.25, 0.3) is 5.91 Å². The molecule has 1 aromatic rings. The van der Waals surface area contributed by atoms with Crippen molar-refractivity contribution in [3.8, 4) is 0 Å². The molecule has 0 radical (unpaired) electrons. The maximum Gasteiger partial charge on any atom is 0.251 e. The number of hydrogen-bond acceptors (Lipinski definition) is 3. The molecule has 0 aromatic heterocycles. The summed E-state index contributed by atoms with van der Waals surface area (Å²) < 4.78 is 12.9. The second kappa shape index (κ2) is 9.12. The summed E-state index contributed by atoms with van der Waals surface area (Å²) in [6.07, 6.45) is 5.68. The lowest BCUT2D eigenvalue weighted by Gasteiger charge is -2.35. The van der Waals surface area contributed by atoms with Crippen LogP contribution in [0.4, 0.5) is 4.39 Å². The van der Waals surface area contributed by atoms with E-state index in [4.69, 9.17) is 0 Å². The van der Waals surface area contributed by atoms with E-state index < -0.39 is 0 Å². The zero-order valence-electron chi connectivity index (χ0n) is 15.3. The molecule has 142 valence electrons. The number of nitrogens with zero attached hydrogens (tertiary/aromatic N) is 2. The van der Waals surface area contributed by atoms with Crippen molar-refractivity contribution in [2.24, 2.45) is 5.92 Å². The lowest BCUT2D eigenvalue weighted by molar-refractivity contribution is -0.133. The number of piperazine rings is 1. The first-order chi connectivity index (χ1) is 12.6. The molecule has 2 aliphatic rings. The molecule has 1 saturated heterocycles. The zero-order chi connectivity index (χ0) is 18.4. The van der Waals surface area contributed by atoms with Crippen LogP contribution in [0.15, 0.2) is 24.3 Å². The highest BCUT2D eigenvalue weighted by molar-refractivity contribution is 5.94. The molecule has 1 saturated carbocycles. The maximum absolute atomic E-state index is 12.9. The molecule has 1 aliphatic carbocycles. The lowest BCUT2D eigenvalue weighted by Crippen LogP contribution is -2.50. The van der Waals surface area contributed by atoms with Crippen LogP contribution >= 0.6 is 0 Å². The molecule has 2 amide bonds. The van der Waals surface area contributed by atoms with E-state index in [1.165, 1.54) is 49.9 Å². The third-order valence-corrected chi connectivity index (χ3v) is 5.48. The fourth-order valence-electron chi connectivity index (χ4n) is 3.84. The summed E-state index contributed by atoms with van der Waals surface area (Å²) >= 11 is 0. The quantitative estimate of drug-likeness (QED) is 0.846. The lowest BCUT2D eigenvalue weighted by atomic mass is 10.0. The van der Waals surface area contributed by atoms with E-state index in [9.17, 15) is 14.0 Å². The van der Waals surface area contributed by atoms with Crippen molar-refractivity contribution in [3.63, 3.8) is 0 Å². The van der Waals surface area contributed by atoms with Gasteiger partial charge in [0.1, 0.15) is 5.82 Å². The van der Waals surface area contributed by atoms with Gasteiger partial charge in [-0.25, -0.2) is 4.39 Å². The average molecular weight is 361 g/mol. The Bertz CT molecular complexity index is 606. The number of rotatable bonds is 6. The summed E-state index contributed by atoms with van der Waals surface area (Å²) in [7, 11) is 0. The molecule has 5 nitrogen and oxygen atoms in total. The van der Waals surface area contributed by atoms with Crippen LogP contribution < -0.4 is 5.32 Å². The molecule has 26 heavy (non-hydrogen) atoms. The van der Waals surface area contributed by atoms with Crippen molar-refractivity contribution in [3.05, 3.63) is 35.6 Å². The van der Waals surface area contributed by atoms with Gasteiger partial charge in [-0.1, -0.05) is 12.8 Å². The number of nitrogens with one attached hydrogen (secondary N) is 1. The molecule has 2 fully saturated rings. The molecule has 6 heteroatoms. The van der Waals surface area contributed by atoms with Gasteiger partial charge in [0, 0.05) is 51.3 Å². The van der Waals surface area contributed by atoms with Gasteiger partial charge in [0.2, 0.25) is 5.91 Å². The Morgan fingerprint density at radius 2 is 1.69 bits per heavy atom. The zero-order valence-corrected chi connectivity index (χ0v) is 15.3. The summed E-state index contributed by atoms with van der Waals surface area (Å²) in [6.45, 7) is 4.56. The van der Waals surface area contributed by atoms with Crippen molar-refractivity contribution in [1.82, 2.24) is 15.1 Å². The van der Waals surface area contributed by atoms with E-state index in [0.29, 0.717) is 30.4 Å². The Kier molecular flexibility index (Phi) is 6.61. The van der Waals surface area contributed by atoms with Gasteiger partial charge in [-0.3, -0.25) is 14.5 Å². The minimum Gasteiger partial charge on any atom is -0.351 e. The van der Waals surface area contributed by atoms with E-state index in [2.05, 4.69) is 10.2 Å². The Balaban J connectivity index is 1.33. The Hall–Kier alpha value is -1.95. The molecular weight excluding hydrogens is 333 g/mol. The van der Waals surface area contributed by atoms with Gasteiger partial charge in [0.05, 0.1) is 0 Å². The molecule has 0 bridgehead atoms. The van der Waals surface area contributed by atoms with Crippen LogP contribution in [0.2, 0.25) is 0 Å². The Labute approximate surface area is 154 Å². The van der Waals surface area contributed by atoms with Crippen LogP contribution in [0.25, 0.3) is 0 Å². The van der Waals surface area contributed by atoms with E-state index in [0.717, 1.165) is 32.7 Å². The molecule has 1 aliphatic heterocycles. The van der Waals surface area contributed by atoms with Gasteiger partial charge < -0.3 is 10.2 Å². The van der Waals surface area contributed by atoms with E-state index >= 15 is 0 Å². The second-order valence-electron chi connectivity index (χ2n) is 7.34. The molecular formula is C20H28FN3O2. The predicted molar refractivity (Wildman–Crippen MR) is 98.3 cm³/mol.